The average molecular weight is 323 g/mol. The zero-order valence-electron chi connectivity index (χ0n) is 12.8. The number of pyridine rings is 1. The number of hydrogen-bond acceptors (Lipinski definition) is 4. The molecule has 3 rings (SSSR count). The van der Waals surface area contributed by atoms with Crippen LogP contribution in [0.2, 0.25) is 0 Å². The number of oxime groups is 1. The highest BCUT2D eigenvalue weighted by Crippen LogP contribution is 2.18. The van der Waals surface area contributed by atoms with Crippen molar-refractivity contribution in [3.05, 3.63) is 53.7 Å². The second-order valence-corrected chi connectivity index (χ2v) is 4.88. The third-order valence-corrected chi connectivity index (χ3v) is 3.31. The van der Waals surface area contributed by atoms with Crippen molar-refractivity contribution in [3.8, 4) is 11.8 Å². The number of anilines is 1. The Morgan fingerprint density at radius 3 is 3.04 bits per heavy atom. The molecule has 0 aliphatic heterocycles. The number of H-pyrrole nitrogens is 1. The van der Waals surface area contributed by atoms with E-state index in [1.807, 2.05) is 6.92 Å². The monoisotopic (exact) mass is 323 g/mol. The van der Waals surface area contributed by atoms with Crippen LogP contribution in [0, 0.1) is 17.7 Å². The van der Waals surface area contributed by atoms with E-state index < -0.39 is 5.82 Å². The molecule has 1 aromatic carbocycles. The lowest BCUT2D eigenvalue weighted by atomic mass is 10.1. The summed E-state index contributed by atoms with van der Waals surface area (Å²) in [6.07, 6.45) is 3.70. The van der Waals surface area contributed by atoms with Gasteiger partial charge >= 0.3 is 0 Å². The zero-order chi connectivity index (χ0) is 16.9. The van der Waals surface area contributed by atoms with Crippen molar-refractivity contribution < 1.29 is 9.60 Å². The van der Waals surface area contributed by atoms with Crippen LogP contribution < -0.4 is 5.32 Å². The van der Waals surface area contributed by atoms with E-state index in [4.69, 9.17) is 0 Å². The molecular weight excluding hydrogens is 309 g/mol. The van der Waals surface area contributed by atoms with E-state index in [0.29, 0.717) is 28.8 Å². The van der Waals surface area contributed by atoms with Gasteiger partial charge in [-0.05, 0) is 24.3 Å². The number of rotatable bonds is 2. The van der Waals surface area contributed by atoms with Gasteiger partial charge in [0.1, 0.15) is 5.82 Å². The van der Waals surface area contributed by atoms with Crippen molar-refractivity contribution in [1.29, 1.82) is 0 Å². The molecule has 120 valence electrons. The third kappa shape index (κ3) is 3.03. The number of aromatic amines is 1. The lowest BCUT2D eigenvalue weighted by molar-refractivity contribution is 0.319. The minimum atomic E-state index is -0.399. The highest BCUT2D eigenvalue weighted by molar-refractivity contribution is 6.13. The smallest absolute Gasteiger partial charge is 0.179 e. The summed E-state index contributed by atoms with van der Waals surface area (Å²) in [5.74, 6) is 5.39. The summed E-state index contributed by atoms with van der Waals surface area (Å²) in [5, 5.41) is 15.6. The minimum Gasteiger partial charge on any atom is -0.409 e. The molecule has 0 aliphatic rings. The molecule has 2 heterocycles. The zero-order valence-corrected chi connectivity index (χ0v) is 12.8. The van der Waals surface area contributed by atoms with E-state index >= 15 is 0 Å². The maximum Gasteiger partial charge on any atom is 0.179 e. The molecule has 24 heavy (non-hydrogen) atoms. The molecule has 6 nitrogen and oxygen atoms in total. The number of halogens is 1. The van der Waals surface area contributed by atoms with Crippen LogP contribution in [0.1, 0.15) is 24.5 Å². The Bertz CT molecular complexity index is 968. The molecule has 0 fully saturated rings. The third-order valence-electron chi connectivity index (χ3n) is 3.31. The van der Waals surface area contributed by atoms with Gasteiger partial charge in [0.15, 0.2) is 11.5 Å². The molecule has 0 bridgehead atoms. The normalized spacial score (nSPS) is 11.2. The van der Waals surface area contributed by atoms with Crippen LogP contribution in [0.15, 0.2) is 41.9 Å². The maximum atomic E-state index is 13.8. The fourth-order valence-corrected chi connectivity index (χ4v) is 2.21. The molecule has 0 amide bonds. The molecule has 0 aliphatic carbocycles. The van der Waals surface area contributed by atoms with Gasteiger partial charge in [-0.3, -0.25) is 0 Å². The Balaban J connectivity index is 1.96. The summed E-state index contributed by atoms with van der Waals surface area (Å²) in [7, 11) is 0. The van der Waals surface area contributed by atoms with Crippen LogP contribution in [-0.2, 0) is 0 Å². The number of benzene rings is 1. The number of nitrogens with one attached hydrogen (secondary N) is 2. The molecule has 3 aromatic rings. The summed E-state index contributed by atoms with van der Waals surface area (Å²) >= 11 is 0. The fourth-order valence-electron chi connectivity index (χ4n) is 2.21. The summed E-state index contributed by atoms with van der Waals surface area (Å²) in [5.41, 5.74) is 2.55. The number of aromatic nitrogens is 3. The molecule has 0 saturated carbocycles. The van der Waals surface area contributed by atoms with Gasteiger partial charge in [0.05, 0.1) is 17.4 Å². The van der Waals surface area contributed by atoms with E-state index in [9.17, 15) is 9.60 Å². The fraction of sp³-hybridized carbons (Fsp3) is 0.118. The Morgan fingerprint density at radius 1 is 1.38 bits per heavy atom. The van der Waals surface area contributed by atoms with Crippen molar-refractivity contribution in [2.45, 2.75) is 13.3 Å². The van der Waals surface area contributed by atoms with Gasteiger partial charge in [0.25, 0.3) is 0 Å². The minimum absolute atomic E-state index is 0.188. The van der Waals surface area contributed by atoms with Crippen LogP contribution in [0.25, 0.3) is 11.2 Å². The number of imidazole rings is 1. The molecule has 3 N–H and O–H groups in total. The lowest BCUT2D eigenvalue weighted by Gasteiger charge is -2.09. The van der Waals surface area contributed by atoms with Crippen LogP contribution >= 0.6 is 0 Å². The number of amidine groups is 1. The van der Waals surface area contributed by atoms with E-state index in [2.05, 4.69) is 37.3 Å². The first-order chi connectivity index (χ1) is 11.7. The van der Waals surface area contributed by atoms with Gasteiger partial charge in [-0.15, -0.1) is 0 Å². The summed E-state index contributed by atoms with van der Waals surface area (Å²) in [6, 6.07) is 6.11. The van der Waals surface area contributed by atoms with Gasteiger partial charge in [-0.2, -0.15) is 0 Å². The number of nitrogens with zero attached hydrogens (tertiary/aromatic N) is 3. The topological polar surface area (TPSA) is 86.2 Å². The molecule has 0 radical (unpaired) electrons. The van der Waals surface area contributed by atoms with E-state index in [0.717, 1.165) is 0 Å². The van der Waals surface area contributed by atoms with Crippen LogP contribution in [0.3, 0.4) is 0 Å². The Morgan fingerprint density at radius 2 is 2.25 bits per heavy atom. The molecule has 0 spiro atoms. The van der Waals surface area contributed by atoms with Crippen molar-refractivity contribution in [2.75, 3.05) is 5.32 Å². The predicted molar refractivity (Wildman–Crippen MR) is 89.4 cm³/mol. The van der Waals surface area contributed by atoms with Crippen LogP contribution in [0.4, 0.5) is 10.1 Å². The first-order valence-electron chi connectivity index (χ1n) is 7.29. The van der Waals surface area contributed by atoms with Crippen molar-refractivity contribution in [3.63, 3.8) is 0 Å². The molecule has 0 atom stereocenters. The van der Waals surface area contributed by atoms with Gasteiger partial charge in [0, 0.05) is 23.9 Å². The highest BCUT2D eigenvalue weighted by Gasteiger charge is 2.12. The van der Waals surface area contributed by atoms with E-state index in [1.165, 1.54) is 12.4 Å². The Labute approximate surface area is 137 Å². The second kappa shape index (κ2) is 6.79. The lowest BCUT2D eigenvalue weighted by Crippen LogP contribution is -2.14. The van der Waals surface area contributed by atoms with E-state index in [-0.39, 0.29) is 11.4 Å². The van der Waals surface area contributed by atoms with Crippen molar-refractivity contribution in [2.24, 2.45) is 5.16 Å². The van der Waals surface area contributed by atoms with Gasteiger partial charge in [-0.25, -0.2) is 14.4 Å². The molecule has 0 saturated heterocycles. The molecular formula is C17H14FN5O. The number of fused-ring (bicyclic) bond motifs is 1. The van der Waals surface area contributed by atoms with Crippen LogP contribution in [-0.4, -0.2) is 26.0 Å². The summed E-state index contributed by atoms with van der Waals surface area (Å²) < 4.78 is 13.8. The quantitative estimate of drug-likeness (QED) is 0.222. The second-order valence-electron chi connectivity index (χ2n) is 4.88. The van der Waals surface area contributed by atoms with Gasteiger partial charge < -0.3 is 15.5 Å². The largest absolute Gasteiger partial charge is 0.409 e. The first kappa shape index (κ1) is 15.5. The molecule has 2 aromatic heterocycles. The molecule has 0 unspecified atom stereocenters. The van der Waals surface area contributed by atoms with Crippen molar-refractivity contribution in [1.82, 2.24) is 15.0 Å². The highest BCUT2D eigenvalue weighted by atomic mass is 19.1. The average Bonchev–Trinajstić information content (AvgIpc) is 3.08. The summed E-state index contributed by atoms with van der Waals surface area (Å²) in [4.78, 5) is 11.1. The Kier molecular flexibility index (Phi) is 4.38. The van der Waals surface area contributed by atoms with Gasteiger partial charge in [0.2, 0.25) is 0 Å². The van der Waals surface area contributed by atoms with Crippen LogP contribution in [0.5, 0.6) is 0 Å². The standard InChI is InChI=1S/C17H14FN5O/c1-2-3-4-11-9-12(5-6-14(11)18)22-16(23-24)13-7-8-19-17-15(13)20-10-21-17/h5-10,24H,2H2,1H3,(H,22,23)(H,19,20,21). The number of hydrogen-bond donors (Lipinski definition) is 3. The van der Waals surface area contributed by atoms with Crippen molar-refractivity contribution >= 4 is 22.7 Å². The predicted octanol–water partition coefficient (Wildman–Crippen LogP) is 3.11. The SMILES string of the molecule is CCC#Cc1cc(N/C(=N\O)c2ccnc3nc[nH]c23)ccc1F. The first-order valence-corrected chi connectivity index (χ1v) is 7.29. The Hall–Kier alpha value is -3.40. The van der Waals surface area contributed by atoms with E-state index in [1.54, 1.807) is 24.4 Å². The summed E-state index contributed by atoms with van der Waals surface area (Å²) in [6.45, 7) is 1.89. The molecule has 7 heteroatoms. The maximum absolute atomic E-state index is 13.8. The van der Waals surface area contributed by atoms with Gasteiger partial charge in [-0.1, -0.05) is 23.9 Å².